The summed E-state index contributed by atoms with van der Waals surface area (Å²) in [7, 11) is 0. The number of carboxylic acid groups (broad SMARTS) is 1. The van der Waals surface area contributed by atoms with E-state index in [4.69, 9.17) is 5.11 Å². The van der Waals surface area contributed by atoms with Crippen LogP contribution in [-0.2, 0) is 0 Å². The first-order valence-corrected chi connectivity index (χ1v) is 8.31. The molecule has 13 heavy (non-hydrogen) atoms. The molecule has 0 aromatic heterocycles. The Morgan fingerprint density at radius 1 is 1.38 bits per heavy atom. The van der Waals surface area contributed by atoms with Crippen molar-refractivity contribution >= 4 is 27.6 Å². The molecule has 1 unspecified atom stereocenters. The van der Waals surface area contributed by atoms with Gasteiger partial charge in [-0.15, -0.1) is 0 Å². The van der Waals surface area contributed by atoms with Crippen LogP contribution in [0, 0.1) is 10.1 Å². The van der Waals surface area contributed by atoms with Crippen molar-refractivity contribution in [3.05, 3.63) is 40.4 Å². The summed E-state index contributed by atoms with van der Waals surface area (Å²) in [5.74, 6) is 0. The van der Waals surface area contributed by atoms with E-state index in [1.165, 1.54) is 12.1 Å². The van der Waals surface area contributed by atoms with Crippen molar-refractivity contribution in [3.8, 4) is 0 Å². The summed E-state index contributed by atoms with van der Waals surface area (Å²) >= 11 is -3.83. The van der Waals surface area contributed by atoms with Gasteiger partial charge < -0.3 is 0 Å². The molecule has 1 N–H and O–H groups in total. The Morgan fingerprint density at radius 3 is 2.31 bits per heavy atom. The summed E-state index contributed by atoms with van der Waals surface area (Å²) < 4.78 is -1.46. The van der Waals surface area contributed by atoms with Crippen LogP contribution in [-0.4, -0.2) is 32.3 Å². The van der Waals surface area contributed by atoms with Crippen LogP contribution in [0.2, 0.25) is 0 Å². The Labute approximate surface area is 81.2 Å². The molecule has 0 bridgehead atoms. The molecule has 6 heteroatoms. The van der Waals surface area contributed by atoms with Crippen molar-refractivity contribution in [2.24, 2.45) is 0 Å². The van der Waals surface area contributed by atoms with Crippen LogP contribution >= 0.6 is 0 Å². The Kier molecular flexibility index (Phi) is 3.24. The Morgan fingerprint density at radius 2 is 1.92 bits per heavy atom. The maximum absolute atomic E-state index is 10.6. The Balaban J connectivity index is 3.03. The fraction of sp³-hybridized carbons (Fsp3) is 0. The number of hydrogen-bond donors (Lipinski definition) is 1. The average Bonchev–Trinajstić information content (AvgIpc) is 2.04. The predicted molar refractivity (Wildman–Crippen MR) is 48.2 cm³/mol. The van der Waals surface area contributed by atoms with Gasteiger partial charge in [-0.3, -0.25) is 0 Å². The van der Waals surface area contributed by atoms with Gasteiger partial charge in [0.25, 0.3) is 0 Å². The van der Waals surface area contributed by atoms with Crippen LogP contribution < -0.4 is 3.58 Å². The summed E-state index contributed by atoms with van der Waals surface area (Å²) in [5, 5.41) is 19.1. The van der Waals surface area contributed by atoms with E-state index in [0.29, 0.717) is 3.58 Å². The molecule has 5 nitrogen and oxygen atoms in total. The van der Waals surface area contributed by atoms with Gasteiger partial charge in [0.15, 0.2) is 0 Å². The zero-order chi connectivity index (χ0) is 9.84. The van der Waals surface area contributed by atoms with E-state index in [1.807, 2.05) is 0 Å². The fourth-order valence-electron chi connectivity index (χ4n) is 0.990. The number of benzene rings is 1. The maximum atomic E-state index is 10.6. The molecule has 0 radical (unpaired) electrons. The molecule has 0 aliphatic carbocycles. The molecule has 1 atom stereocenters. The van der Waals surface area contributed by atoms with Crippen LogP contribution in [0.4, 0.5) is 4.79 Å². The van der Waals surface area contributed by atoms with Crippen molar-refractivity contribution in [2.45, 2.75) is 0 Å². The van der Waals surface area contributed by atoms with E-state index in [1.54, 1.807) is 18.2 Å². The first-order chi connectivity index (χ1) is 6.13. The van der Waals surface area contributed by atoms with Gasteiger partial charge in [0.05, 0.1) is 0 Å². The molecule has 1 rings (SSSR count). The van der Waals surface area contributed by atoms with Crippen molar-refractivity contribution in [1.82, 2.24) is 0 Å². The second-order valence-electron chi connectivity index (χ2n) is 2.44. The molecule has 1 aromatic carbocycles. The first kappa shape index (κ1) is 9.97. The second kappa shape index (κ2) is 4.22. The molecule has 0 spiro atoms. The van der Waals surface area contributed by atoms with Crippen molar-refractivity contribution in [1.29, 1.82) is 0 Å². The van der Waals surface area contributed by atoms with Crippen molar-refractivity contribution in [3.63, 3.8) is 0 Å². The predicted octanol–water partition coefficient (Wildman–Crippen LogP) is 0.154. The minimum atomic E-state index is -3.83. The Bertz CT molecular complexity index is 313. The Hall–Kier alpha value is -1.11. The van der Waals surface area contributed by atoms with E-state index in [9.17, 15) is 14.9 Å². The van der Waals surface area contributed by atoms with Crippen molar-refractivity contribution < 1.29 is 13.0 Å². The van der Waals surface area contributed by atoms with Gasteiger partial charge in [0, 0.05) is 0 Å². The van der Waals surface area contributed by atoms with Crippen LogP contribution in [0.25, 0.3) is 0 Å². The summed E-state index contributed by atoms with van der Waals surface area (Å²) in [6, 6.07) is 7.96. The van der Waals surface area contributed by atoms with E-state index in [-0.39, 0.29) is 0 Å². The summed E-state index contributed by atoms with van der Waals surface area (Å²) in [6.07, 6.45) is 0. The zero-order valence-electron chi connectivity index (χ0n) is 6.58. The number of carbonyl (C=O) groups is 1. The number of hydrogen-bond acceptors (Lipinski definition) is 3. The summed E-state index contributed by atoms with van der Waals surface area (Å²) in [4.78, 5) is 21.1. The molecule has 0 saturated carbocycles. The van der Waals surface area contributed by atoms with E-state index < -0.39 is 27.2 Å². The van der Waals surface area contributed by atoms with Gasteiger partial charge in [0.1, 0.15) is 0 Å². The van der Waals surface area contributed by atoms with Gasteiger partial charge in [-0.05, 0) is 0 Å². The van der Waals surface area contributed by atoms with E-state index in [2.05, 4.69) is 0 Å². The van der Waals surface area contributed by atoms with Gasteiger partial charge >= 0.3 is 81.1 Å². The standard InChI is InChI=1S/C6H5.CHO2.NO2.Sn.H/c1-2-4-6-5-3-1;2*2-1-3;;/h1-5H;(H,2,3);;;. The van der Waals surface area contributed by atoms with Gasteiger partial charge in [-0.25, -0.2) is 0 Å². The van der Waals surface area contributed by atoms with E-state index >= 15 is 0 Å². The molecule has 0 heterocycles. The molecule has 0 aliphatic heterocycles. The summed E-state index contributed by atoms with van der Waals surface area (Å²) in [5.41, 5.74) is 0. The minimum absolute atomic E-state index is 0.391. The monoisotopic (exact) mass is 289 g/mol. The van der Waals surface area contributed by atoms with Crippen LogP contribution in [0.3, 0.4) is 0 Å². The molecule has 68 valence electrons. The molecule has 0 saturated heterocycles. The van der Waals surface area contributed by atoms with Crippen LogP contribution in [0.5, 0.6) is 0 Å². The number of nitrogens with zero attached hydrogens (tertiary/aromatic N) is 1. The average molecular weight is 288 g/mol. The SMILES string of the molecule is O=[C](O)[SnH]([c]1ccccc1)[N+](=O)[O-]. The normalized spacial score (nSPS) is 12.0. The molecule has 1 aromatic rings. The zero-order valence-corrected chi connectivity index (χ0v) is 9.88. The van der Waals surface area contributed by atoms with Crippen LogP contribution in [0.15, 0.2) is 30.3 Å². The molecule has 0 aliphatic rings. The molecular formula is C7H7NO4Sn. The summed E-state index contributed by atoms with van der Waals surface area (Å²) in [6.45, 7) is 0. The number of nitro groups is 1. The van der Waals surface area contributed by atoms with Gasteiger partial charge in [0.2, 0.25) is 0 Å². The quantitative estimate of drug-likeness (QED) is 0.488. The van der Waals surface area contributed by atoms with Gasteiger partial charge in [-0.1, -0.05) is 0 Å². The van der Waals surface area contributed by atoms with Crippen LogP contribution in [0.1, 0.15) is 0 Å². The molecular weight excluding hydrogens is 281 g/mol. The van der Waals surface area contributed by atoms with E-state index in [0.717, 1.165) is 0 Å². The first-order valence-electron chi connectivity index (χ1n) is 3.54. The third-order valence-corrected chi connectivity index (χ3v) is 7.00. The topological polar surface area (TPSA) is 80.4 Å². The third-order valence-electron chi connectivity index (χ3n) is 1.56. The fourth-order valence-corrected chi connectivity index (χ4v) is 4.69. The molecule has 0 amide bonds. The molecule has 0 fully saturated rings. The number of rotatable bonds is 3. The second-order valence-corrected chi connectivity index (χ2v) is 9.25. The van der Waals surface area contributed by atoms with Crippen molar-refractivity contribution in [2.75, 3.05) is 0 Å². The third kappa shape index (κ3) is 2.41. The van der Waals surface area contributed by atoms with Gasteiger partial charge in [-0.2, -0.15) is 0 Å².